The summed E-state index contributed by atoms with van der Waals surface area (Å²) in [6, 6.07) is 5.21. The molecule has 2 aromatic carbocycles. The molecule has 3 aliphatic rings. The zero-order valence-electron chi connectivity index (χ0n) is 20.9. The predicted molar refractivity (Wildman–Crippen MR) is 139 cm³/mol. The summed E-state index contributed by atoms with van der Waals surface area (Å²) in [5, 5.41) is 0.328. The SMILES string of the molecule is O=C(c1cc(C2CC2)c(OCC2CCN(C(c3cc(Cl)cc(Cl)c3)C(F)(F)F)CC2)cc1F)N1CCCC1. The van der Waals surface area contributed by atoms with Crippen molar-refractivity contribution < 1.29 is 27.1 Å². The second kappa shape index (κ2) is 11.2. The Morgan fingerprint density at radius 3 is 2.16 bits per heavy atom. The van der Waals surface area contributed by atoms with Crippen molar-refractivity contribution >= 4 is 29.1 Å². The molecule has 2 aliphatic heterocycles. The van der Waals surface area contributed by atoms with Crippen molar-refractivity contribution in [1.29, 1.82) is 0 Å². The lowest BCUT2D eigenvalue weighted by Gasteiger charge is -2.38. The first-order valence-corrected chi connectivity index (χ1v) is 13.9. The average molecular weight is 573 g/mol. The molecule has 2 saturated heterocycles. The number of rotatable bonds is 7. The number of carbonyl (C=O) groups is 1. The Morgan fingerprint density at radius 2 is 1.58 bits per heavy atom. The van der Waals surface area contributed by atoms with Gasteiger partial charge in [0, 0.05) is 29.2 Å². The molecular weight excluding hydrogens is 543 g/mol. The number of likely N-dealkylation sites (tertiary alicyclic amines) is 2. The van der Waals surface area contributed by atoms with E-state index in [1.54, 1.807) is 11.0 Å². The van der Waals surface area contributed by atoms with Crippen LogP contribution in [0.25, 0.3) is 0 Å². The molecule has 1 atom stereocenters. The summed E-state index contributed by atoms with van der Waals surface area (Å²) in [4.78, 5) is 15.9. The first-order valence-electron chi connectivity index (χ1n) is 13.1. The first-order chi connectivity index (χ1) is 18.1. The maximum absolute atomic E-state index is 15.0. The van der Waals surface area contributed by atoms with Crippen LogP contribution in [0.15, 0.2) is 30.3 Å². The van der Waals surface area contributed by atoms with Crippen LogP contribution in [-0.2, 0) is 0 Å². The van der Waals surface area contributed by atoms with E-state index in [4.69, 9.17) is 27.9 Å². The van der Waals surface area contributed by atoms with E-state index >= 15 is 0 Å². The zero-order valence-corrected chi connectivity index (χ0v) is 22.4. The van der Waals surface area contributed by atoms with Gasteiger partial charge in [0.25, 0.3) is 5.91 Å². The third kappa shape index (κ3) is 6.23. The molecule has 1 amide bonds. The summed E-state index contributed by atoms with van der Waals surface area (Å²) in [6.45, 7) is 2.04. The van der Waals surface area contributed by atoms with Gasteiger partial charge in [0.15, 0.2) is 0 Å². The zero-order chi connectivity index (χ0) is 27.0. The monoisotopic (exact) mass is 572 g/mol. The number of alkyl halides is 3. The van der Waals surface area contributed by atoms with Gasteiger partial charge in [-0.2, -0.15) is 13.2 Å². The first kappa shape index (κ1) is 27.5. The maximum Gasteiger partial charge on any atom is 0.408 e. The summed E-state index contributed by atoms with van der Waals surface area (Å²) < 4.78 is 63.2. The molecule has 10 heteroatoms. The number of hydrogen-bond acceptors (Lipinski definition) is 3. The number of benzene rings is 2. The van der Waals surface area contributed by atoms with Crippen molar-refractivity contribution in [3.63, 3.8) is 0 Å². The van der Waals surface area contributed by atoms with Gasteiger partial charge in [-0.3, -0.25) is 9.69 Å². The fourth-order valence-electron chi connectivity index (χ4n) is 5.59. The number of halogens is 6. The second-order valence-corrected chi connectivity index (χ2v) is 11.5. The average Bonchev–Trinajstić information content (AvgIpc) is 3.54. The van der Waals surface area contributed by atoms with Crippen LogP contribution >= 0.6 is 23.2 Å². The van der Waals surface area contributed by atoms with Crippen LogP contribution in [-0.4, -0.2) is 54.7 Å². The third-order valence-electron chi connectivity index (χ3n) is 7.74. The highest BCUT2D eigenvalue weighted by molar-refractivity contribution is 6.34. The molecule has 0 bridgehead atoms. The molecule has 206 valence electrons. The van der Waals surface area contributed by atoms with Crippen molar-refractivity contribution in [1.82, 2.24) is 9.80 Å². The smallest absolute Gasteiger partial charge is 0.408 e. The van der Waals surface area contributed by atoms with E-state index < -0.39 is 18.0 Å². The molecule has 1 saturated carbocycles. The maximum atomic E-state index is 15.0. The fourth-order valence-corrected chi connectivity index (χ4v) is 6.13. The highest BCUT2D eigenvalue weighted by atomic mass is 35.5. The van der Waals surface area contributed by atoms with Gasteiger partial charge in [-0.1, -0.05) is 23.2 Å². The highest BCUT2D eigenvalue weighted by Crippen LogP contribution is 2.46. The summed E-state index contributed by atoms with van der Waals surface area (Å²) in [5.74, 6) is -0.156. The Bertz CT molecular complexity index is 1150. The van der Waals surface area contributed by atoms with Crippen LogP contribution in [0.1, 0.15) is 72.0 Å². The van der Waals surface area contributed by atoms with Gasteiger partial charge in [0.2, 0.25) is 0 Å². The van der Waals surface area contributed by atoms with Crippen molar-refractivity contribution in [2.45, 2.75) is 56.7 Å². The second-order valence-electron chi connectivity index (χ2n) is 10.6. The van der Waals surface area contributed by atoms with Gasteiger partial charge >= 0.3 is 6.18 Å². The minimum absolute atomic E-state index is 0.0258. The van der Waals surface area contributed by atoms with Gasteiger partial charge < -0.3 is 9.64 Å². The van der Waals surface area contributed by atoms with E-state index in [1.807, 2.05) is 0 Å². The minimum atomic E-state index is -4.48. The van der Waals surface area contributed by atoms with Gasteiger partial charge in [-0.05, 0) is 98.8 Å². The van der Waals surface area contributed by atoms with Crippen LogP contribution in [0.3, 0.4) is 0 Å². The lowest BCUT2D eigenvalue weighted by Crippen LogP contribution is -2.43. The number of amides is 1. The van der Waals surface area contributed by atoms with Crippen molar-refractivity contribution in [3.8, 4) is 5.75 Å². The predicted octanol–water partition coefficient (Wildman–Crippen LogP) is 7.64. The number of piperidine rings is 1. The molecular formula is C28H30Cl2F4N2O2. The van der Waals surface area contributed by atoms with E-state index in [0.717, 1.165) is 31.2 Å². The number of hydrogen-bond donors (Lipinski definition) is 0. The molecule has 1 aliphatic carbocycles. The number of carbonyl (C=O) groups excluding carboxylic acids is 1. The standard InChI is InChI=1S/C28H30Cl2F4N2O2/c29-20-11-19(12-21(30)13-20)26(28(32,33)34)35-9-5-17(6-10-35)16-38-25-15-24(31)23(14-22(25)18-3-4-18)27(37)36-7-1-2-8-36/h11-15,17-18,26H,1-10,16H2. The van der Waals surface area contributed by atoms with E-state index in [9.17, 15) is 22.4 Å². The Morgan fingerprint density at radius 1 is 0.947 bits per heavy atom. The van der Waals surface area contributed by atoms with E-state index in [2.05, 4.69) is 0 Å². The molecule has 4 nitrogen and oxygen atoms in total. The summed E-state index contributed by atoms with van der Waals surface area (Å²) in [6.07, 6.45) is 0.316. The molecule has 0 aromatic heterocycles. The normalized spacial score (nSPS) is 20.1. The number of nitrogens with zero attached hydrogens (tertiary/aromatic N) is 2. The van der Waals surface area contributed by atoms with E-state index in [0.29, 0.717) is 31.7 Å². The van der Waals surface area contributed by atoms with Crippen LogP contribution in [0, 0.1) is 11.7 Å². The number of ether oxygens (including phenoxy) is 1. The minimum Gasteiger partial charge on any atom is -0.493 e. The van der Waals surface area contributed by atoms with Crippen molar-refractivity contribution in [2.24, 2.45) is 5.92 Å². The lowest BCUT2D eigenvalue weighted by molar-refractivity contribution is -0.190. The Hall–Kier alpha value is -2.03. The molecule has 5 rings (SSSR count). The molecule has 3 fully saturated rings. The van der Waals surface area contributed by atoms with E-state index in [1.165, 1.54) is 29.2 Å². The summed E-state index contributed by atoms with van der Waals surface area (Å²) in [5.41, 5.74) is 0.966. The Labute approximate surface area is 229 Å². The molecule has 38 heavy (non-hydrogen) atoms. The summed E-state index contributed by atoms with van der Waals surface area (Å²) in [7, 11) is 0. The lowest BCUT2D eigenvalue weighted by atomic mass is 9.94. The Kier molecular flexibility index (Phi) is 8.13. The molecule has 0 spiro atoms. The van der Waals surface area contributed by atoms with Crippen molar-refractivity contribution in [2.75, 3.05) is 32.8 Å². The molecule has 1 unspecified atom stereocenters. The summed E-state index contributed by atoms with van der Waals surface area (Å²) >= 11 is 12.0. The largest absolute Gasteiger partial charge is 0.493 e. The van der Waals surface area contributed by atoms with Gasteiger partial charge in [0.1, 0.15) is 17.6 Å². The topological polar surface area (TPSA) is 32.8 Å². The Balaban J connectivity index is 1.24. The van der Waals surface area contributed by atoms with Gasteiger partial charge in [-0.15, -0.1) is 0 Å². The van der Waals surface area contributed by atoms with Crippen LogP contribution in [0.2, 0.25) is 10.0 Å². The molecule has 2 heterocycles. The van der Waals surface area contributed by atoms with Gasteiger partial charge in [0.05, 0.1) is 12.2 Å². The third-order valence-corrected chi connectivity index (χ3v) is 8.18. The van der Waals surface area contributed by atoms with E-state index in [-0.39, 0.29) is 58.6 Å². The highest BCUT2D eigenvalue weighted by Gasteiger charge is 2.45. The molecule has 0 N–H and O–H groups in total. The molecule has 2 aromatic rings. The van der Waals surface area contributed by atoms with Crippen LogP contribution < -0.4 is 4.74 Å². The van der Waals surface area contributed by atoms with Crippen LogP contribution in [0.4, 0.5) is 17.6 Å². The quantitative estimate of drug-likeness (QED) is 0.319. The van der Waals surface area contributed by atoms with Crippen molar-refractivity contribution in [3.05, 3.63) is 62.9 Å². The van der Waals surface area contributed by atoms with Gasteiger partial charge in [-0.25, -0.2) is 4.39 Å². The van der Waals surface area contributed by atoms with Crippen LogP contribution in [0.5, 0.6) is 5.75 Å². The molecule has 0 radical (unpaired) electrons. The fraction of sp³-hybridized carbons (Fsp3) is 0.536.